The minimum Gasteiger partial charge on any atom is -0.460 e. The predicted molar refractivity (Wildman–Crippen MR) is 324 cm³/mol. The highest BCUT2D eigenvalue weighted by Gasteiger charge is 2.24. The Morgan fingerprint density at radius 2 is 0.602 bits per heavy atom. The second kappa shape index (κ2) is 64.7. The van der Waals surface area contributed by atoms with E-state index in [2.05, 4.69) is 31.9 Å². The lowest BCUT2D eigenvalue weighted by Gasteiger charge is -2.21. The number of esters is 1. The molecular formula is C59H114N6O23. The summed E-state index contributed by atoms with van der Waals surface area (Å²) in [6, 6.07) is -1.72. The predicted octanol–water partition coefficient (Wildman–Crippen LogP) is 0.292. The van der Waals surface area contributed by atoms with Crippen LogP contribution in [0.1, 0.15) is 85.0 Å². The van der Waals surface area contributed by atoms with Crippen LogP contribution >= 0.6 is 0 Å². The van der Waals surface area contributed by atoms with Gasteiger partial charge < -0.3 is 112 Å². The molecule has 0 radical (unpaired) electrons. The summed E-state index contributed by atoms with van der Waals surface area (Å²) < 4.78 is 91.9. The number of unbranched alkanes of at least 4 members (excludes halogenated alkanes) is 2. The molecule has 0 unspecified atom stereocenters. The third-order valence-electron chi connectivity index (χ3n) is 11.7. The van der Waals surface area contributed by atoms with Gasteiger partial charge in [-0.3, -0.25) is 28.8 Å². The van der Waals surface area contributed by atoms with Crippen molar-refractivity contribution in [1.29, 1.82) is 0 Å². The van der Waals surface area contributed by atoms with Crippen LogP contribution in [0.5, 0.6) is 0 Å². The van der Waals surface area contributed by atoms with E-state index in [-0.39, 0.29) is 82.1 Å². The van der Waals surface area contributed by atoms with Crippen LogP contribution in [0.15, 0.2) is 0 Å². The van der Waals surface area contributed by atoms with Gasteiger partial charge in [0.15, 0.2) is 0 Å². The topological polar surface area (TPSA) is 332 Å². The Morgan fingerprint density at radius 1 is 0.318 bits per heavy atom. The molecule has 88 heavy (non-hydrogen) atoms. The second-order valence-corrected chi connectivity index (χ2v) is 20.4. The lowest BCUT2D eigenvalue weighted by Crippen LogP contribution is -2.48. The molecule has 0 fully saturated rings. The van der Waals surface area contributed by atoms with Crippen LogP contribution in [-0.2, 0) is 109 Å². The average Bonchev–Trinajstić information content (AvgIpc) is 3.61. The first kappa shape index (κ1) is 84.1. The van der Waals surface area contributed by atoms with Crippen molar-refractivity contribution >= 4 is 35.5 Å². The highest BCUT2D eigenvalue weighted by atomic mass is 16.6. The molecule has 2 atom stereocenters. The van der Waals surface area contributed by atoms with Crippen molar-refractivity contribution in [2.75, 3.05) is 246 Å². The van der Waals surface area contributed by atoms with Gasteiger partial charge in [-0.25, -0.2) is 0 Å². The summed E-state index contributed by atoms with van der Waals surface area (Å²) in [5.74, 6) is -2.27. The van der Waals surface area contributed by atoms with Crippen LogP contribution in [0.2, 0.25) is 0 Å². The number of hydrogen-bond donors (Lipinski definition) is 6. The maximum atomic E-state index is 13.5. The van der Waals surface area contributed by atoms with E-state index in [0.29, 0.717) is 230 Å². The molecule has 0 aromatic rings. The highest BCUT2D eigenvalue weighted by molar-refractivity contribution is 5.89. The van der Waals surface area contributed by atoms with Crippen molar-refractivity contribution in [1.82, 2.24) is 31.9 Å². The van der Waals surface area contributed by atoms with Crippen LogP contribution < -0.4 is 31.9 Å². The number of likely N-dealkylation sites (N-methyl/N-ethyl adjacent to an activating group) is 1. The number of hydrogen-bond acceptors (Lipinski definition) is 24. The maximum Gasteiger partial charge on any atom is 0.306 e. The maximum absolute atomic E-state index is 13.5. The molecule has 0 saturated carbocycles. The molecule has 518 valence electrons. The van der Waals surface area contributed by atoms with Gasteiger partial charge >= 0.3 is 5.97 Å². The normalized spacial score (nSPS) is 12.2. The first-order valence-corrected chi connectivity index (χ1v) is 31.2. The molecule has 0 heterocycles. The largest absolute Gasteiger partial charge is 0.460 e. The van der Waals surface area contributed by atoms with E-state index < -0.39 is 29.6 Å². The Balaban J connectivity index is 4.66. The van der Waals surface area contributed by atoms with E-state index >= 15 is 0 Å². The Bertz CT molecular complexity index is 1640. The van der Waals surface area contributed by atoms with E-state index in [9.17, 15) is 28.8 Å². The lowest BCUT2D eigenvalue weighted by atomic mass is 10.1. The van der Waals surface area contributed by atoms with Crippen molar-refractivity contribution in [2.45, 2.75) is 103 Å². The summed E-state index contributed by atoms with van der Waals surface area (Å²) in [4.78, 5) is 77.1. The summed E-state index contributed by atoms with van der Waals surface area (Å²) in [5, 5.41) is 17.1. The number of carbonyl (C=O) groups is 6. The van der Waals surface area contributed by atoms with Crippen molar-refractivity contribution < 1.29 is 109 Å². The quantitative estimate of drug-likeness (QED) is 0.0352. The molecule has 0 rings (SSSR count). The first-order chi connectivity index (χ1) is 42.8. The van der Waals surface area contributed by atoms with Crippen LogP contribution in [0.4, 0.5) is 0 Å². The summed E-state index contributed by atoms with van der Waals surface area (Å²) >= 11 is 0. The zero-order valence-electron chi connectivity index (χ0n) is 54.2. The summed E-state index contributed by atoms with van der Waals surface area (Å²) in [6.07, 6.45) is 2.49. The van der Waals surface area contributed by atoms with E-state index in [1.54, 1.807) is 42.0 Å². The smallest absolute Gasteiger partial charge is 0.306 e. The molecule has 0 spiro atoms. The fourth-order valence-corrected chi connectivity index (χ4v) is 7.17. The second-order valence-electron chi connectivity index (χ2n) is 20.4. The zero-order chi connectivity index (χ0) is 64.5. The molecule has 0 saturated heterocycles. The minimum absolute atomic E-state index is 0.0105. The van der Waals surface area contributed by atoms with Crippen LogP contribution in [0.25, 0.3) is 0 Å². The molecule has 0 bridgehead atoms. The van der Waals surface area contributed by atoms with Crippen molar-refractivity contribution in [3.8, 4) is 0 Å². The molecule has 6 N–H and O–H groups in total. The molecule has 0 aromatic heterocycles. The van der Waals surface area contributed by atoms with E-state index in [1.165, 1.54) is 0 Å². The average molecular weight is 1280 g/mol. The monoisotopic (exact) mass is 1270 g/mol. The van der Waals surface area contributed by atoms with Gasteiger partial charge in [0.1, 0.15) is 17.7 Å². The molecule has 0 aliphatic rings. The van der Waals surface area contributed by atoms with E-state index in [4.69, 9.17) is 80.5 Å². The molecule has 0 aliphatic heterocycles. The van der Waals surface area contributed by atoms with Crippen molar-refractivity contribution in [3.63, 3.8) is 0 Å². The summed E-state index contributed by atoms with van der Waals surface area (Å²) in [6.45, 7) is 19.5. The number of rotatable bonds is 68. The Labute approximate surface area is 523 Å². The SMILES string of the molecule is CNCCNC(=O)[C@H](CCCCNC(=O)[C@H](CCCCNC(=O)CCOCCOCCOCCOCCOCCOCCOCCOC)NC(=O)CCOCCOCCOCCOCCOCCOCCOCCOC)NC(=O)CCC(=O)OC(C)(C)C. The van der Waals surface area contributed by atoms with Crippen LogP contribution in [-0.4, -0.2) is 299 Å². The molecule has 0 aromatic carbocycles. The molecule has 29 nitrogen and oxygen atoms in total. The Hall–Kier alpha value is -3.86. The first-order valence-electron chi connectivity index (χ1n) is 31.2. The molecule has 5 amide bonds. The summed E-state index contributed by atoms with van der Waals surface area (Å²) in [5.41, 5.74) is -0.691. The van der Waals surface area contributed by atoms with Gasteiger partial charge in [-0.05, 0) is 66.3 Å². The van der Waals surface area contributed by atoms with E-state index in [1.807, 2.05) is 0 Å². The van der Waals surface area contributed by atoms with Gasteiger partial charge in [0, 0.05) is 59.7 Å². The molecule has 29 heteroatoms. The Morgan fingerprint density at radius 3 is 0.920 bits per heavy atom. The van der Waals surface area contributed by atoms with Gasteiger partial charge in [0.25, 0.3) is 0 Å². The minimum atomic E-state index is -0.861. The third kappa shape index (κ3) is 62.3. The third-order valence-corrected chi connectivity index (χ3v) is 11.7. The number of methoxy groups -OCH3 is 2. The van der Waals surface area contributed by atoms with Gasteiger partial charge in [0.2, 0.25) is 29.5 Å². The van der Waals surface area contributed by atoms with Crippen molar-refractivity contribution in [2.24, 2.45) is 0 Å². The van der Waals surface area contributed by atoms with Crippen molar-refractivity contribution in [3.05, 3.63) is 0 Å². The van der Waals surface area contributed by atoms with Gasteiger partial charge in [-0.15, -0.1) is 0 Å². The fraction of sp³-hybridized carbons (Fsp3) is 0.898. The summed E-state index contributed by atoms with van der Waals surface area (Å²) in [7, 11) is 5.01. The lowest BCUT2D eigenvalue weighted by molar-refractivity contribution is -0.155. The Kier molecular flexibility index (Phi) is 61.8. The molecule has 0 aliphatic carbocycles. The standard InChI is InChI=1S/C59H114N6O23/c1-59(2,3)88-56(69)14-13-54(67)64-52(58(71)63-20-19-60-4)12-8-10-18-62-57(70)51(65-55(68)16-22-75-28-30-79-36-38-83-44-46-87-50-48-85-42-40-81-34-32-77-26-24-73-6)11-7-9-17-61-53(66)15-21-74-27-29-78-35-37-82-43-45-86-49-47-84-41-39-80-33-31-76-25-23-72-5/h51-52,60H,7-50H2,1-6H3,(H,61,66)(H,62,70)(H,63,71)(H,64,67)(H,65,68)/t51-,52-/m0/s1. The van der Waals surface area contributed by atoms with Crippen LogP contribution in [0.3, 0.4) is 0 Å². The van der Waals surface area contributed by atoms with Crippen LogP contribution in [0, 0.1) is 0 Å². The number of ether oxygens (including phenoxy) is 17. The van der Waals surface area contributed by atoms with E-state index in [0.717, 1.165) is 0 Å². The highest BCUT2D eigenvalue weighted by Crippen LogP contribution is 2.10. The van der Waals surface area contributed by atoms with Gasteiger partial charge in [0.05, 0.1) is 205 Å². The number of nitrogens with one attached hydrogen (secondary N) is 6. The number of amides is 5. The fourth-order valence-electron chi connectivity index (χ4n) is 7.17. The van der Waals surface area contributed by atoms with Gasteiger partial charge in [-0.1, -0.05) is 0 Å². The molecular weight excluding hydrogens is 1160 g/mol. The number of carbonyl (C=O) groups excluding carboxylic acids is 6. The van der Waals surface area contributed by atoms with Gasteiger partial charge in [-0.2, -0.15) is 0 Å². The zero-order valence-corrected chi connectivity index (χ0v) is 54.2.